The molecule has 0 fully saturated rings. The fourth-order valence-electron chi connectivity index (χ4n) is 1.54. The van der Waals surface area contributed by atoms with Crippen molar-refractivity contribution in [3.8, 4) is 0 Å². The van der Waals surface area contributed by atoms with Crippen molar-refractivity contribution in [2.45, 2.75) is 39.7 Å². The van der Waals surface area contributed by atoms with Gasteiger partial charge in [0, 0.05) is 24.7 Å². The highest BCUT2D eigenvalue weighted by molar-refractivity contribution is 7.09. The summed E-state index contributed by atoms with van der Waals surface area (Å²) in [4.78, 5) is 4.34. The summed E-state index contributed by atoms with van der Waals surface area (Å²) in [6.07, 6.45) is 4.08. The average molecular weight is 256 g/mol. The molecule has 0 aromatic carbocycles. The first-order chi connectivity index (χ1) is 8.24. The molecule has 0 saturated carbocycles. The van der Waals surface area contributed by atoms with Gasteiger partial charge in [0.15, 0.2) is 0 Å². The SMILES string of the molecule is CCC(NCCOCCC(C)C)c1nccs1. The third-order valence-corrected chi connectivity index (χ3v) is 3.52. The van der Waals surface area contributed by atoms with E-state index in [1.54, 1.807) is 11.3 Å². The molecule has 0 aliphatic rings. The monoisotopic (exact) mass is 256 g/mol. The molecule has 1 heterocycles. The lowest BCUT2D eigenvalue weighted by Gasteiger charge is -2.14. The highest BCUT2D eigenvalue weighted by Crippen LogP contribution is 2.18. The Morgan fingerprint density at radius 3 is 2.82 bits per heavy atom. The molecule has 1 aromatic heterocycles. The number of hydrogen-bond acceptors (Lipinski definition) is 4. The predicted octanol–water partition coefficient (Wildman–Crippen LogP) is 3.25. The van der Waals surface area contributed by atoms with E-state index in [0.29, 0.717) is 6.04 Å². The minimum atomic E-state index is 0.378. The second-order valence-corrected chi connectivity index (χ2v) is 5.51. The molecule has 17 heavy (non-hydrogen) atoms. The van der Waals surface area contributed by atoms with E-state index in [1.165, 1.54) is 5.01 Å². The topological polar surface area (TPSA) is 34.1 Å². The van der Waals surface area contributed by atoms with Crippen molar-refractivity contribution < 1.29 is 4.74 Å². The second-order valence-electron chi connectivity index (χ2n) is 4.58. The molecule has 3 nitrogen and oxygen atoms in total. The summed E-state index contributed by atoms with van der Waals surface area (Å²) < 4.78 is 5.58. The Morgan fingerprint density at radius 2 is 2.24 bits per heavy atom. The van der Waals surface area contributed by atoms with Gasteiger partial charge in [0.05, 0.1) is 12.6 Å². The zero-order chi connectivity index (χ0) is 12.5. The molecule has 0 amide bonds. The van der Waals surface area contributed by atoms with Crippen molar-refractivity contribution in [2.24, 2.45) is 5.92 Å². The van der Waals surface area contributed by atoms with Gasteiger partial charge in [0.1, 0.15) is 5.01 Å². The maximum absolute atomic E-state index is 5.58. The zero-order valence-electron chi connectivity index (χ0n) is 11.1. The van der Waals surface area contributed by atoms with Crippen LogP contribution < -0.4 is 5.32 Å². The van der Waals surface area contributed by atoms with Gasteiger partial charge in [-0.05, 0) is 18.8 Å². The van der Waals surface area contributed by atoms with Crippen molar-refractivity contribution >= 4 is 11.3 Å². The number of nitrogens with one attached hydrogen (secondary N) is 1. The van der Waals surface area contributed by atoms with Crippen LogP contribution in [0, 0.1) is 5.92 Å². The Balaban J connectivity index is 2.08. The summed E-state index contributed by atoms with van der Waals surface area (Å²) in [6, 6.07) is 0.378. The number of hydrogen-bond donors (Lipinski definition) is 1. The Labute approximate surface area is 109 Å². The van der Waals surface area contributed by atoms with E-state index in [1.807, 2.05) is 11.6 Å². The standard InChI is InChI=1S/C13H24N2OS/c1-4-12(13-15-7-10-17-13)14-6-9-16-8-5-11(2)3/h7,10-12,14H,4-6,8-9H2,1-3H3. The molecule has 0 spiro atoms. The fraction of sp³-hybridized carbons (Fsp3) is 0.769. The van der Waals surface area contributed by atoms with Crippen LogP contribution in [0.1, 0.15) is 44.7 Å². The van der Waals surface area contributed by atoms with Crippen molar-refractivity contribution in [3.63, 3.8) is 0 Å². The van der Waals surface area contributed by atoms with Crippen molar-refractivity contribution in [3.05, 3.63) is 16.6 Å². The largest absolute Gasteiger partial charge is 0.380 e. The number of nitrogens with zero attached hydrogens (tertiary/aromatic N) is 1. The minimum absolute atomic E-state index is 0.378. The number of rotatable bonds is 9. The molecule has 98 valence electrons. The molecule has 1 unspecified atom stereocenters. The quantitative estimate of drug-likeness (QED) is 0.689. The van der Waals surface area contributed by atoms with Gasteiger partial charge in [-0.25, -0.2) is 4.98 Å². The number of aromatic nitrogens is 1. The molecule has 0 bridgehead atoms. The van der Waals surface area contributed by atoms with Crippen LogP contribution in [0.4, 0.5) is 0 Å². The molecule has 0 saturated heterocycles. The number of ether oxygens (including phenoxy) is 1. The minimum Gasteiger partial charge on any atom is -0.380 e. The molecule has 1 atom stereocenters. The third kappa shape index (κ3) is 6.15. The summed E-state index contributed by atoms with van der Waals surface area (Å²) >= 11 is 1.71. The van der Waals surface area contributed by atoms with Gasteiger partial charge < -0.3 is 10.1 Å². The molecule has 4 heteroatoms. The molecule has 1 rings (SSSR count). The van der Waals surface area contributed by atoms with Crippen LogP contribution in [0.2, 0.25) is 0 Å². The van der Waals surface area contributed by atoms with Crippen LogP contribution in [-0.4, -0.2) is 24.7 Å². The van der Waals surface area contributed by atoms with Gasteiger partial charge in [-0.1, -0.05) is 20.8 Å². The Morgan fingerprint density at radius 1 is 1.41 bits per heavy atom. The van der Waals surface area contributed by atoms with E-state index < -0.39 is 0 Å². The lowest BCUT2D eigenvalue weighted by molar-refractivity contribution is 0.123. The van der Waals surface area contributed by atoms with Crippen molar-refractivity contribution in [1.82, 2.24) is 10.3 Å². The van der Waals surface area contributed by atoms with Crippen LogP contribution >= 0.6 is 11.3 Å². The second kappa shape index (κ2) is 8.61. The lowest BCUT2D eigenvalue weighted by atomic mass is 10.1. The summed E-state index contributed by atoms with van der Waals surface area (Å²) in [5.74, 6) is 0.724. The summed E-state index contributed by atoms with van der Waals surface area (Å²) in [5, 5.41) is 6.69. The smallest absolute Gasteiger partial charge is 0.109 e. The van der Waals surface area contributed by atoms with Gasteiger partial charge in [-0.2, -0.15) is 0 Å². The van der Waals surface area contributed by atoms with E-state index >= 15 is 0 Å². The first kappa shape index (κ1) is 14.6. The molecule has 1 N–H and O–H groups in total. The van der Waals surface area contributed by atoms with Gasteiger partial charge >= 0.3 is 0 Å². The summed E-state index contributed by atoms with van der Waals surface area (Å²) in [5.41, 5.74) is 0. The van der Waals surface area contributed by atoms with E-state index in [-0.39, 0.29) is 0 Å². The van der Waals surface area contributed by atoms with Crippen molar-refractivity contribution in [1.29, 1.82) is 0 Å². The third-order valence-electron chi connectivity index (χ3n) is 2.63. The van der Waals surface area contributed by atoms with Gasteiger partial charge in [-0.15, -0.1) is 11.3 Å². The first-order valence-corrected chi connectivity index (χ1v) is 7.32. The summed E-state index contributed by atoms with van der Waals surface area (Å²) in [7, 11) is 0. The van der Waals surface area contributed by atoms with Gasteiger partial charge in [0.25, 0.3) is 0 Å². The zero-order valence-corrected chi connectivity index (χ0v) is 11.9. The molecule has 0 radical (unpaired) electrons. The summed E-state index contributed by atoms with van der Waals surface area (Å²) in [6.45, 7) is 9.17. The maximum Gasteiger partial charge on any atom is 0.109 e. The average Bonchev–Trinajstić information content (AvgIpc) is 2.81. The maximum atomic E-state index is 5.58. The molecular formula is C13H24N2OS. The lowest BCUT2D eigenvalue weighted by Crippen LogP contribution is -2.25. The highest BCUT2D eigenvalue weighted by Gasteiger charge is 2.10. The fourth-order valence-corrected chi connectivity index (χ4v) is 2.34. The first-order valence-electron chi connectivity index (χ1n) is 6.44. The Bertz CT molecular complexity index is 275. The van der Waals surface area contributed by atoms with E-state index in [9.17, 15) is 0 Å². The van der Waals surface area contributed by atoms with Crippen LogP contribution in [0.3, 0.4) is 0 Å². The predicted molar refractivity (Wildman–Crippen MR) is 73.4 cm³/mol. The Hall–Kier alpha value is -0.450. The van der Waals surface area contributed by atoms with Crippen LogP contribution in [0.15, 0.2) is 11.6 Å². The molecular weight excluding hydrogens is 232 g/mol. The van der Waals surface area contributed by atoms with E-state index in [4.69, 9.17) is 4.74 Å². The number of thiazole rings is 1. The van der Waals surface area contributed by atoms with Gasteiger partial charge in [-0.3, -0.25) is 0 Å². The molecule has 1 aromatic rings. The van der Waals surface area contributed by atoms with Crippen molar-refractivity contribution in [2.75, 3.05) is 19.8 Å². The highest BCUT2D eigenvalue weighted by atomic mass is 32.1. The molecule has 0 aliphatic carbocycles. The Kier molecular flexibility index (Phi) is 7.40. The van der Waals surface area contributed by atoms with Crippen LogP contribution in [0.25, 0.3) is 0 Å². The van der Waals surface area contributed by atoms with Crippen LogP contribution in [-0.2, 0) is 4.74 Å². The van der Waals surface area contributed by atoms with E-state index in [0.717, 1.165) is 38.5 Å². The normalized spacial score (nSPS) is 13.2. The van der Waals surface area contributed by atoms with Gasteiger partial charge in [0.2, 0.25) is 0 Å². The molecule has 0 aliphatic heterocycles. The van der Waals surface area contributed by atoms with Crippen LogP contribution in [0.5, 0.6) is 0 Å². The van der Waals surface area contributed by atoms with E-state index in [2.05, 4.69) is 31.1 Å².